The molecule has 0 saturated carbocycles. The average molecular weight is 319 g/mol. The smallest absolute Gasteiger partial charge is 0.376 e. The lowest BCUT2D eigenvalue weighted by Gasteiger charge is -2.28. The summed E-state index contributed by atoms with van der Waals surface area (Å²) in [6.07, 6.45) is -2.62. The molecule has 3 rings (SSSR count). The first-order valence-corrected chi connectivity index (χ1v) is 7.09. The van der Waals surface area contributed by atoms with Gasteiger partial charge in [0.05, 0.1) is 12.6 Å². The number of nitrogens with one attached hydrogen (secondary N) is 1. The van der Waals surface area contributed by atoms with Crippen LogP contribution in [-0.4, -0.2) is 51.5 Å². The predicted molar refractivity (Wildman–Crippen MR) is 67.8 cm³/mol. The zero-order chi connectivity index (χ0) is 15.7. The molecule has 0 radical (unpaired) electrons. The Bertz CT molecular complexity index is 553. The Kier molecular flexibility index (Phi) is 3.94. The van der Waals surface area contributed by atoms with Crippen molar-refractivity contribution in [2.75, 3.05) is 19.7 Å². The molecule has 0 aliphatic carbocycles. The summed E-state index contributed by atoms with van der Waals surface area (Å²) < 4.78 is 44.6. The molecule has 0 aromatic carbocycles. The van der Waals surface area contributed by atoms with Crippen molar-refractivity contribution in [2.45, 2.75) is 38.2 Å². The van der Waals surface area contributed by atoms with Crippen molar-refractivity contribution in [3.63, 3.8) is 0 Å². The first kappa shape index (κ1) is 15.1. The Morgan fingerprint density at radius 3 is 2.86 bits per heavy atom. The minimum absolute atomic E-state index is 0.0143. The Balaban J connectivity index is 1.59. The Morgan fingerprint density at radius 2 is 2.18 bits per heavy atom. The molecule has 1 saturated heterocycles. The lowest BCUT2D eigenvalue weighted by Crippen LogP contribution is -2.46. The second kappa shape index (κ2) is 5.75. The van der Waals surface area contributed by atoms with E-state index in [2.05, 4.69) is 15.5 Å². The van der Waals surface area contributed by atoms with Crippen LogP contribution in [-0.2, 0) is 24.0 Å². The van der Waals surface area contributed by atoms with Crippen LogP contribution < -0.4 is 5.32 Å². The van der Waals surface area contributed by atoms with Crippen molar-refractivity contribution in [2.24, 2.45) is 0 Å². The summed E-state index contributed by atoms with van der Waals surface area (Å²) in [5, 5.41) is 9.47. The van der Waals surface area contributed by atoms with E-state index in [1.54, 1.807) is 0 Å². The molecule has 1 aromatic rings. The summed E-state index contributed by atoms with van der Waals surface area (Å²) in [6, 6.07) is -0.321. The summed E-state index contributed by atoms with van der Waals surface area (Å²) >= 11 is 0. The van der Waals surface area contributed by atoms with Gasteiger partial charge >= 0.3 is 12.2 Å². The summed E-state index contributed by atoms with van der Waals surface area (Å²) in [5.74, 6) is -0.868. The normalized spacial score (nSPS) is 21.8. The average Bonchev–Trinajstić information content (AvgIpc) is 3.12. The molecular weight excluding hydrogens is 303 g/mol. The molecular formula is C12H16F3N5O2. The molecule has 1 atom stereocenters. The van der Waals surface area contributed by atoms with E-state index in [1.807, 2.05) is 0 Å². The number of hydrogen-bond acceptors (Lipinski definition) is 4. The highest BCUT2D eigenvalue weighted by Crippen LogP contribution is 2.29. The lowest BCUT2D eigenvalue weighted by atomic mass is 10.2. The number of carbonyl (C=O) groups is 1. The van der Waals surface area contributed by atoms with Gasteiger partial charge in [0, 0.05) is 26.2 Å². The van der Waals surface area contributed by atoms with E-state index < -0.39 is 12.0 Å². The molecule has 0 spiro atoms. The molecule has 2 aliphatic rings. The van der Waals surface area contributed by atoms with Gasteiger partial charge in [-0.2, -0.15) is 13.2 Å². The van der Waals surface area contributed by atoms with E-state index in [0.29, 0.717) is 13.2 Å². The van der Waals surface area contributed by atoms with E-state index in [9.17, 15) is 18.0 Å². The molecule has 2 aliphatic heterocycles. The first-order valence-electron chi connectivity index (χ1n) is 7.09. The maximum atomic E-state index is 12.7. The number of halogens is 3. The molecule has 3 heterocycles. The standard InChI is InChI=1S/C12H16F3N5O2/c13-12(14,15)10-18-17-9-7-19(3-4-20(9)10)11(21)16-6-8-2-1-5-22-8/h8H,1-7H2,(H,16,21)/t8-/m0/s1. The first-order chi connectivity index (χ1) is 10.4. The van der Waals surface area contributed by atoms with Crippen LogP contribution >= 0.6 is 0 Å². The number of urea groups is 1. The second-order valence-corrected chi connectivity index (χ2v) is 5.33. The second-order valence-electron chi connectivity index (χ2n) is 5.33. The third kappa shape index (κ3) is 3.01. The highest BCUT2D eigenvalue weighted by atomic mass is 19.4. The van der Waals surface area contributed by atoms with Crippen LogP contribution in [0.5, 0.6) is 0 Å². The van der Waals surface area contributed by atoms with Gasteiger partial charge in [0.15, 0.2) is 5.82 Å². The summed E-state index contributed by atoms with van der Waals surface area (Å²) in [7, 11) is 0. The lowest BCUT2D eigenvalue weighted by molar-refractivity contribution is -0.147. The van der Waals surface area contributed by atoms with E-state index in [0.717, 1.165) is 17.4 Å². The van der Waals surface area contributed by atoms with Crippen molar-refractivity contribution in [3.05, 3.63) is 11.6 Å². The van der Waals surface area contributed by atoms with Crippen LogP contribution in [0.1, 0.15) is 24.5 Å². The van der Waals surface area contributed by atoms with Crippen LogP contribution in [0.4, 0.5) is 18.0 Å². The van der Waals surface area contributed by atoms with Crippen LogP contribution in [0.3, 0.4) is 0 Å². The van der Waals surface area contributed by atoms with Gasteiger partial charge in [-0.25, -0.2) is 4.79 Å². The van der Waals surface area contributed by atoms with Gasteiger partial charge in [0.1, 0.15) is 0 Å². The van der Waals surface area contributed by atoms with Gasteiger partial charge in [-0.3, -0.25) is 0 Å². The van der Waals surface area contributed by atoms with Gasteiger partial charge in [-0.05, 0) is 12.8 Å². The number of fused-ring (bicyclic) bond motifs is 1. The summed E-state index contributed by atoms with van der Waals surface area (Å²) in [4.78, 5) is 13.5. The van der Waals surface area contributed by atoms with Crippen molar-refractivity contribution < 1.29 is 22.7 Å². The topological polar surface area (TPSA) is 72.3 Å². The van der Waals surface area contributed by atoms with Crippen LogP contribution in [0.25, 0.3) is 0 Å². The monoisotopic (exact) mass is 319 g/mol. The molecule has 1 aromatic heterocycles. The molecule has 1 N–H and O–H groups in total. The zero-order valence-electron chi connectivity index (χ0n) is 11.8. The molecule has 2 amide bonds. The Labute approximate surface area is 124 Å². The minimum Gasteiger partial charge on any atom is -0.376 e. The van der Waals surface area contributed by atoms with Crippen molar-refractivity contribution in [1.29, 1.82) is 0 Å². The van der Waals surface area contributed by atoms with Crippen LogP contribution in [0.15, 0.2) is 0 Å². The van der Waals surface area contributed by atoms with Gasteiger partial charge in [0.25, 0.3) is 0 Å². The number of aromatic nitrogens is 3. The SMILES string of the molecule is O=C(NC[C@@H]1CCCO1)N1CCn2c(nnc2C(F)(F)F)C1. The van der Waals surface area contributed by atoms with E-state index in [4.69, 9.17) is 4.74 Å². The third-order valence-corrected chi connectivity index (χ3v) is 3.80. The van der Waals surface area contributed by atoms with Crippen LogP contribution in [0.2, 0.25) is 0 Å². The fourth-order valence-electron chi connectivity index (χ4n) is 2.66. The third-order valence-electron chi connectivity index (χ3n) is 3.80. The van der Waals surface area contributed by atoms with Crippen molar-refractivity contribution in [3.8, 4) is 0 Å². The number of ether oxygens (including phenoxy) is 1. The van der Waals surface area contributed by atoms with Gasteiger partial charge in [-0.1, -0.05) is 0 Å². The van der Waals surface area contributed by atoms with Gasteiger partial charge in [0.2, 0.25) is 5.82 Å². The summed E-state index contributed by atoms with van der Waals surface area (Å²) in [6.45, 7) is 1.35. The zero-order valence-corrected chi connectivity index (χ0v) is 11.8. The number of nitrogens with zero attached hydrogens (tertiary/aromatic N) is 4. The molecule has 10 heteroatoms. The molecule has 1 fully saturated rings. The number of alkyl halides is 3. The number of amides is 2. The summed E-state index contributed by atoms with van der Waals surface area (Å²) in [5.41, 5.74) is 0. The molecule has 0 bridgehead atoms. The Hall–Kier alpha value is -1.84. The quantitative estimate of drug-likeness (QED) is 0.883. The van der Waals surface area contributed by atoms with Crippen molar-refractivity contribution in [1.82, 2.24) is 25.0 Å². The van der Waals surface area contributed by atoms with Gasteiger partial charge in [-0.15, -0.1) is 10.2 Å². The van der Waals surface area contributed by atoms with E-state index >= 15 is 0 Å². The fraction of sp³-hybridized carbons (Fsp3) is 0.750. The maximum Gasteiger partial charge on any atom is 0.451 e. The predicted octanol–water partition coefficient (Wildman–Crippen LogP) is 1.00. The minimum atomic E-state index is -4.53. The Morgan fingerprint density at radius 1 is 1.36 bits per heavy atom. The number of rotatable bonds is 2. The molecule has 122 valence electrons. The van der Waals surface area contributed by atoms with E-state index in [1.165, 1.54) is 4.90 Å². The van der Waals surface area contributed by atoms with Gasteiger partial charge < -0.3 is 19.5 Å². The highest BCUT2D eigenvalue weighted by molar-refractivity contribution is 5.74. The molecule has 22 heavy (non-hydrogen) atoms. The van der Waals surface area contributed by atoms with E-state index in [-0.39, 0.29) is 37.6 Å². The highest BCUT2D eigenvalue weighted by Gasteiger charge is 2.39. The number of carbonyl (C=O) groups excluding carboxylic acids is 1. The maximum absolute atomic E-state index is 12.7. The molecule has 7 nitrogen and oxygen atoms in total. The largest absolute Gasteiger partial charge is 0.451 e. The fourth-order valence-corrected chi connectivity index (χ4v) is 2.66. The van der Waals surface area contributed by atoms with Crippen LogP contribution in [0, 0.1) is 0 Å². The number of hydrogen-bond donors (Lipinski definition) is 1. The van der Waals surface area contributed by atoms with Crippen molar-refractivity contribution >= 4 is 6.03 Å². The molecule has 0 unspecified atom stereocenters.